The molecule has 0 saturated heterocycles. The molecule has 2 amide bonds. The molecule has 0 bridgehead atoms. The zero-order valence-corrected chi connectivity index (χ0v) is 14.5. The lowest BCUT2D eigenvalue weighted by Gasteiger charge is -2.16. The lowest BCUT2D eigenvalue weighted by molar-refractivity contribution is -0.137. The molecule has 0 radical (unpaired) electrons. The van der Waals surface area contributed by atoms with Gasteiger partial charge in [-0.25, -0.2) is 0 Å². The highest BCUT2D eigenvalue weighted by Gasteiger charge is 2.30. The van der Waals surface area contributed by atoms with E-state index >= 15 is 0 Å². The molecule has 0 heterocycles. The van der Waals surface area contributed by atoms with Gasteiger partial charge in [0.25, 0.3) is 5.91 Å². The standard InChI is InChI=1S/C18H16ClF3N2O2/c1-11(12-4-2-6-14(8-12)18(20,21)22)24-16(25)10-23-17(26)13-5-3-7-15(19)9-13/h2-9,11H,10H2,1H3,(H,23,26)(H,24,25)/t11-/m0/s1. The van der Waals surface area contributed by atoms with Crippen molar-refractivity contribution in [1.29, 1.82) is 0 Å². The largest absolute Gasteiger partial charge is 0.416 e. The van der Waals surface area contributed by atoms with Crippen molar-refractivity contribution in [3.05, 3.63) is 70.2 Å². The van der Waals surface area contributed by atoms with Crippen LogP contribution in [-0.2, 0) is 11.0 Å². The number of amides is 2. The summed E-state index contributed by atoms with van der Waals surface area (Å²) in [7, 11) is 0. The summed E-state index contributed by atoms with van der Waals surface area (Å²) in [5.41, 5.74) is -0.170. The molecule has 0 spiro atoms. The fourth-order valence-corrected chi connectivity index (χ4v) is 2.44. The number of halogens is 4. The average Bonchev–Trinajstić information content (AvgIpc) is 2.59. The van der Waals surface area contributed by atoms with Gasteiger partial charge in [-0.3, -0.25) is 9.59 Å². The number of carbonyl (C=O) groups is 2. The van der Waals surface area contributed by atoms with Crippen molar-refractivity contribution in [2.24, 2.45) is 0 Å². The average molecular weight is 385 g/mol. The van der Waals surface area contributed by atoms with E-state index in [0.29, 0.717) is 16.1 Å². The molecule has 0 aromatic heterocycles. The van der Waals surface area contributed by atoms with Crippen LogP contribution in [0, 0.1) is 0 Å². The van der Waals surface area contributed by atoms with E-state index in [1.165, 1.54) is 18.2 Å². The highest BCUT2D eigenvalue weighted by molar-refractivity contribution is 6.30. The molecule has 0 aliphatic carbocycles. The number of alkyl halides is 3. The Kier molecular flexibility index (Phi) is 6.26. The maximum absolute atomic E-state index is 12.7. The van der Waals surface area contributed by atoms with E-state index in [0.717, 1.165) is 12.1 Å². The van der Waals surface area contributed by atoms with Crippen LogP contribution in [0.3, 0.4) is 0 Å². The van der Waals surface area contributed by atoms with Gasteiger partial charge in [0, 0.05) is 10.6 Å². The number of hydrogen-bond acceptors (Lipinski definition) is 2. The summed E-state index contributed by atoms with van der Waals surface area (Å²) in [4.78, 5) is 23.9. The summed E-state index contributed by atoms with van der Waals surface area (Å²) in [5, 5.41) is 5.36. The van der Waals surface area contributed by atoms with E-state index in [9.17, 15) is 22.8 Å². The van der Waals surface area contributed by atoms with Crippen LogP contribution >= 0.6 is 11.6 Å². The van der Waals surface area contributed by atoms with E-state index < -0.39 is 29.6 Å². The SMILES string of the molecule is C[C@H](NC(=O)CNC(=O)c1cccc(Cl)c1)c1cccc(C(F)(F)F)c1. The quantitative estimate of drug-likeness (QED) is 0.819. The Morgan fingerprint density at radius 1 is 1.12 bits per heavy atom. The Bertz CT molecular complexity index is 809. The summed E-state index contributed by atoms with van der Waals surface area (Å²) in [6.07, 6.45) is -4.45. The second-order valence-corrected chi connectivity index (χ2v) is 6.04. The minimum atomic E-state index is -4.45. The maximum atomic E-state index is 12.7. The summed E-state index contributed by atoms with van der Waals surface area (Å²) in [6, 6.07) is 10.3. The predicted molar refractivity (Wildman–Crippen MR) is 91.8 cm³/mol. The molecule has 2 aromatic carbocycles. The first-order valence-electron chi connectivity index (χ1n) is 7.67. The van der Waals surface area contributed by atoms with Gasteiger partial charge in [-0.15, -0.1) is 0 Å². The molecule has 0 aliphatic heterocycles. The second-order valence-electron chi connectivity index (χ2n) is 5.61. The number of hydrogen-bond donors (Lipinski definition) is 2. The minimum Gasteiger partial charge on any atom is -0.348 e. The minimum absolute atomic E-state index is 0.302. The smallest absolute Gasteiger partial charge is 0.348 e. The summed E-state index contributed by atoms with van der Waals surface area (Å²) in [6.45, 7) is 1.25. The summed E-state index contributed by atoms with van der Waals surface area (Å²) in [5.74, 6) is -1.00. The van der Waals surface area contributed by atoms with Gasteiger partial charge in [-0.1, -0.05) is 29.8 Å². The van der Waals surface area contributed by atoms with Crippen molar-refractivity contribution in [1.82, 2.24) is 10.6 Å². The molecule has 2 aromatic rings. The molecular formula is C18H16ClF3N2O2. The fraction of sp³-hybridized carbons (Fsp3) is 0.222. The number of benzene rings is 2. The van der Waals surface area contributed by atoms with Gasteiger partial charge in [0.05, 0.1) is 18.2 Å². The Morgan fingerprint density at radius 3 is 2.46 bits per heavy atom. The van der Waals surface area contributed by atoms with Crippen LogP contribution in [0.4, 0.5) is 13.2 Å². The van der Waals surface area contributed by atoms with Gasteiger partial charge >= 0.3 is 6.18 Å². The summed E-state index contributed by atoms with van der Waals surface area (Å²) >= 11 is 5.79. The summed E-state index contributed by atoms with van der Waals surface area (Å²) < 4.78 is 38.2. The van der Waals surface area contributed by atoms with Crippen molar-refractivity contribution < 1.29 is 22.8 Å². The molecule has 0 fully saturated rings. The molecule has 26 heavy (non-hydrogen) atoms. The third-order valence-corrected chi connectivity index (χ3v) is 3.82. The molecule has 138 valence electrons. The molecule has 4 nitrogen and oxygen atoms in total. The third kappa shape index (κ3) is 5.49. The molecule has 0 unspecified atom stereocenters. The zero-order valence-electron chi connectivity index (χ0n) is 13.7. The van der Waals surface area contributed by atoms with Crippen molar-refractivity contribution in [2.75, 3.05) is 6.54 Å². The number of rotatable bonds is 5. The zero-order chi connectivity index (χ0) is 19.3. The molecule has 2 N–H and O–H groups in total. The Balaban J connectivity index is 1.92. The van der Waals surface area contributed by atoms with E-state index in [1.54, 1.807) is 25.1 Å². The van der Waals surface area contributed by atoms with Crippen LogP contribution in [0.5, 0.6) is 0 Å². The molecule has 8 heteroatoms. The first-order chi connectivity index (χ1) is 12.2. The van der Waals surface area contributed by atoms with Crippen LogP contribution in [-0.4, -0.2) is 18.4 Å². The Morgan fingerprint density at radius 2 is 1.81 bits per heavy atom. The molecule has 1 atom stereocenters. The van der Waals surface area contributed by atoms with Gasteiger partial charge in [0.15, 0.2) is 0 Å². The lowest BCUT2D eigenvalue weighted by atomic mass is 10.0. The molecule has 2 rings (SSSR count). The van der Waals surface area contributed by atoms with E-state index in [-0.39, 0.29) is 6.54 Å². The first kappa shape index (κ1) is 19.8. The van der Waals surface area contributed by atoms with Crippen LogP contribution in [0.1, 0.15) is 34.5 Å². The first-order valence-corrected chi connectivity index (χ1v) is 8.05. The number of nitrogens with one attached hydrogen (secondary N) is 2. The van der Waals surface area contributed by atoms with Crippen molar-refractivity contribution in [3.8, 4) is 0 Å². The second kappa shape index (κ2) is 8.23. The van der Waals surface area contributed by atoms with Gasteiger partial charge in [0.1, 0.15) is 0 Å². The van der Waals surface area contributed by atoms with Crippen LogP contribution in [0.25, 0.3) is 0 Å². The molecule has 0 aliphatic rings. The van der Waals surface area contributed by atoms with Crippen molar-refractivity contribution >= 4 is 23.4 Å². The molecular weight excluding hydrogens is 369 g/mol. The van der Waals surface area contributed by atoms with Crippen LogP contribution < -0.4 is 10.6 Å². The van der Waals surface area contributed by atoms with Gasteiger partial charge in [-0.05, 0) is 42.8 Å². The van der Waals surface area contributed by atoms with Crippen LogP contribution in [0.15, 0.2) is 48.5 Å². The normalized spacial score (nSPS) is 12.3. The third-order valence-electron chi connectivity index (χ3n) is 3.59. The maximum Gasteiger partial charge on any atom is 0.416 e. The highest BCUT2D eigenvalue weighted by Crippen LogP contribution is 2.30. The van der Waals surface area contributed by atoms with E-state index in [2.05, 4.69) is 10.6 Å². The lowest BCUT2D eigenvalue weighted by Crippen LogP contribution is -2.38. The van der Waals surface area contributed by atoms with E-state index in [4.69, 9.17) is 11.6 Å². The van der Waals surface area contributed by atoms with Gasteiger partial charge in [0.2, 0.25) is 5.91 Å². The Hall–Kier alpha value is -2.54. The van der Waals surface area contributed by atoms with Crippen molar-refractivity contribution in [3.63, 3.8) is 0 Å². The van der Waals surface area contributed by atoms with Crippen LogP contribution in [0.2, 0.25) is 5.02 Å². The number of carbonyl (C=O) groups excluding carboxylic acids is 2. The predicted octanol–water partition coefficient (Wildman–Crippen LogP) is 3.97. The molecule has 0 saturated carbocycles. The topological polar surface area (TPSA) is 58.2 Å². The van der Waals surface area contributed by atoms with E-state index in [1.807, 2.05) is 0 Å². The Labute approximate surface area is 153 Å². The monoisotopic (exact) mass is 384 g/mol. The highest BCUT2D eigenvalue weighted by atomic mass is 35.5. The van der Waals surface area contributed by atoms with Gasteiger partial charge < -0.3 is 10.6 Å². The fourth-order valence-electron chi connectivity index (χ4n) is 2.25. The van der Waals surface area contributed by atoms with Gasteiger partial charge in [-0.2, -0.15) is 13.2 Å². The van der Waals surface area contributed by atoms with Crippen molar-refractivity contribution in [2.45, 2.75) is 19.1 Å².